The molecule has 0 aliphatic carbocycles. The van der Waals surface area contributed by atoms with E-state index in [9.17, 15) is 9.59 Å². The second kappa shape index (κ2) is 9.25. The molecule has 0 bridgehead atoms. The van der Waals surface area contributed by atoms with E-state index in [4.69, 9.17) is 14.0 Å². The zero-order valence-corrected chi connectivity index (χ0v) is 17.0. The Morgan fingerprint density at radius 2 is 1.71 bits per heavy atom. The van der Waals surface area contributed by atoms with E-state index in [1.54, 1.807) is 46.3 Å². The van der Waals surface area contributed by atoms with Crippen LogP contribution in [0.3, 0.4) is 0 Å². The summed E-state index contributed by atoms with van der Waals surface area (Å²) in [5.41, 5.74) is 0.782. The summed E-state index contributed by atoms with van der Waals surface area (Å²) in [5, 5.41) is 9.10. The van der Waals surface area contributed by atoms with Crippen LogP contribution in [0.5, 0.6) is 11.5 Å². The van der Waals surface area contributed by atoms with Crippen LogP contribution in [-0.2, 0) is 9.59 Å². The van der Waals surface area contributed by atoms with E-state index < -0.39 is 12.0 Å². The number of rotatable bonds is 8. The van der Waals surface area contributed by atoms with Crippen molar-refractivity contribution < 1.29 is 23.6 Å². The monoisotopic (exact) mass is 389 g/mol. The number of hydrogen-bond donors (Lipinski definition) is 2. The topological polar surface area (TPSA) is 103 Å². The third-order valence-electron chi connectivity index (χ3n) is 4.35. The van der Waals surface area contributed by atoms with E-state index in [0.717, 1.165) is 5.56 Å². The number of benzene rings is 1. The van der Waals surface area contributed by atoms with Crippen LogP contribution in [0.25, 0.3) is 0 Å². The van der Waals surface area contributed by atoms with Gasteiger partial charge in [-0.25, -0.2) is 0 Å². The molecule has 0 saturated carbocycles. The Bertz CT molecular complexity index is 831. The van der Waals surface area contributed by atoms with Crippen LogP contribution in [0.2, 0.25) is 0 Å². The van der Waals surface area contributed by atoms with Crippen molar-refractivity contribution in [3.63, 3.8) is 0 Å². The Balaban J connectivity index is 2.13. The van der Waals surface area contributed by atoms with E-state index >= 15 is 0 Å². The fourth-order valence-electron chi connectivity index (χ4n) is 2.91. The molecule has 2 atom stereocenters. The van der Waals surface area contributed by atoms with Crippen LogP contribution in [0.1, 0.15) is 38.0 Å². The third-order valence-corrected chi connectivity index (χ3v) is 4.35. The number of aryl methyl sites for hydroxylation is 1. The van der Waals surface area contributed by atoms with Crippen molar-refractivity contribution >= 4 is 17.6 Å². The van der Waals surface area contributed by atoms with Gasteiger partial charge in [-0.15, -0.1) is 0 Å². The fourth-order valence-corrected chi connectivity index (χ4v) is 2.91. The standard InChI is InChI=1S/C20H27N3O5/c1-11(2)18(14-7-8-15(26-5)16(10-14)27-6)20(25)21-13(4)19(24)22-17-9-12(3)28-23-17/h7-11,13,18H,1-6H3,(H,21,25)(H,22,23,24)/t13-,18?/m1/s1. The van der Waals surface area contributed by atoms with E-state index in [2.05, 4.69) is 15.8 Å². The van der Waals surface area contributed by atoms with Crippen LogP contribution in [0, 0.1) is 12.8 Å². The summed E-state index contributed by atoms with van der Waals surface area (Å²) >= 11 is 0. The molecular weight excluding hydrogens is 362 g/mol. The molecule has 0 fully saturated rings. The molecule has 8 heteroatoms. The molecular formula is C20H27N3O5. The summed E-state index contributed by atoms with van der Waals surface area (Å²) in [4.78, 5) is 25.2. The largest absolute Gasteiger partial charge is 0.493 e. The summed E-state index contributed by atoms with van der Waals surface area (Å²) in [6.45, 7) is 7.24. The minimum Gasteiger partial charge on any atom is -0.493 e. The Morgan fingerprint density at radius 3 is 2.25 bits per heavy atom. The lowest BCUT2D eigenvalue weighted by molar-refractivity contribution is -0.127. The van der Waals surface area contributed by atoms with Crippen LogP contribution >= 0.6 is 0 Å². The molecule has 28 heavy (non-hydrogen) atoms. The average molecular weight is 389 g/mol. The molecule has 0 spiro atoms. The number of anilines is 1. The molecule has 1 aromatic heterocycles. The van der Waals surface area contributed by atoms with Crippen LogP contribution in [0.4, 0.5) is 5.82 Å². The highest BCUT2D eigenvalue weighted by atomic mass is 16.5. The van der Waals surface area contributed by atoms with Gasteiger partial charge in [-0.05, 0) is 37.5 Å². The molecule has 0 aliphatic rings. The van der Waals surface area contributed by atoms with E-state index in [0.29, 0.717) is 23.1 Å². The van der Waals surface area contributed by atoms with Gasteiger partial charge in [0.2, 0.25) is 11.8 Å². The van der Waals surface area contributed by atoms with Gasteiger partial charge in [0.1, 0.15) is 11.8 Å². The quantitative estimate of drug-likeness (QED) is 0.720. The molecule has 1 heterocycles. The first kappa shape index (κ1) is 21.3. The second-order valence-electron chi connectivity index (χ2n) is 6.88. The van der Waals surface area contributed by atoms with Crippen molar-refractivity contribution in [2.75, 3.05) is 19.5 Å². The second-order valence-corrected chi connectivity index (χ2v) is 6.88. The van der Waals surface area contributed by atoms with Gasteiger partial charge in [0.05, 0.1) is 20.1 Å². The van der Waals surface area contributed by atoms with Crippen molar-refractivity contribution in [1.29, 1.82) is 0 Å². The maximum absolute atomic E-state index is 12.9. The minimum absolute atomic E-state index is 0.00607. The van der Waals surface area contributed by atoms with Gasteiger partial charge in [0, 0.05) is 6.07 Å². The fraction of sp³-hybridized carbons (Fsp3) is 0.450. The number of aromatic nitrogens is 1. The lowest BCUT2D eigenvalue weighted by Gasteiger charge is -2.23. The smallest absolute Gasteiger partial charge is 0.247 e. The summed E-state index contributed by atoms with van der Waals surface area (Å²) in [5.74, 6) is 0.952. The van der Waals surface area contributed by atoms with Gasteiger partial charge >= 0.3 is 0 Å². The Morgan fingerprint density at radius 1 is 1.04 bits per heavy atom. The Labute approximate surface area is 164 Å². The van der Waals surface area contributed by atoms with Gasteiger partial charge < -0.3 is 24.6 Å². The van der Waals surface area contributed by atoms with Gasteiger partial charge in [0.25, 0.3) is 0 Å². The van der Waals surface area contributed by atoms with Crippen LogP contribution in [0.15, 0.2) is 28.8 Å². The first-order chi connectivity index (χ1) is 13.3. The van der Waals surface area contributed by atoms with E-state index in [-0.39, 0.29) is 17.7 Å². The molecule has 8 nitrogen and oxygen atoms in total. The first-order valence-electron chi connectivity index (χ1n) is 9.03. The number of hydrogen-bond acceptors (Lipinski definition) is 6. The molecule has 1 aromatic carbocycles. The maximum atomic E-state index is 12.9. The summed E-state index contributed by atoms with van der Waals surface area (Å²) in [7, 11) is 3.10. The normalized spacial score (nSPS) is 13.0. The molecule has 2 N–H and O–H groups in total. The average Bonchev–Trinajstić information content (AvgIpc) is 3.05. The number of ether oxygens (including phenoxy) is 2. The van der Waals surface area contributed by atoms with Crippen molar-refractivity contribution in [3.8, 4) is 11.5 Å². The van der Waals surface area contributed by atoms with Gasteiger partial charge in [-0.1, -0.05) is 25.1 Å². The zero-order chi connectivity index (χ0) is 20.8. The number of methoxy groups -OCH3 is 2. The predicted molar refractivity (Wildman–Crippen MR) is 105 cm³/mol. The lowest BCUT2D eigenvalue weighted by atomic mass is 9.87. The van der Waals surface area contributed by atoms with Crippen LogP contribution in [-0.4, -0.2) is 37.2 Å². The molecule has 152 valence electrons. The SMILES string of the molecule is COc1ccc(C(C(=O)N[C@H](C)C(=O)Nc2cc(C)on2)C(C)C)cc1OC. The third kappa shape index (κ3) is 5.03. The van der Waals surface area contributed by atoms with Crippen molar-refractivity contribution in [3.05, 3.63) is 35.6 Å². The maximum Gasteiger partial charge on any atom is 0.247 e. The number of nitrogens with zero attached hydrogens (tertiary/aromatic N) is 1. The molecule has 0 saturated heterocycles. The first-order valence-corrected chi connectivity index (χ1v) is 9.03. The minimum atomic E-state index is -0.745. The molecule has 2 amide bonds. The molecule has 0 aliphatic heterocycles. The summed E-state index contributed by atoms with van der Waals surface area (Å²) in [6, 6.07) is 6.23. The highest BCUT2D eigenvalue weighted by Crippen LogP contribution is 2.33. The van der Waals surface area contributed by atoms with Crippen molar-refractivity contribution in [2.24, 2.45) is 5.92 Å². The molecule has 2 aromatic rings. The Hall–Kier alpha value is -3.03. The number of carbonyl (C=O) groups is 2. The Kier molecular flexibility index (Phi) is 7.03. The van der Waals surface area contributed by atoms with Gasteiger partial charge in [0.15, 0.2) is 17.3 Å². The van der Waals surface area contributed by atoms with Gasteiger partial charge in [-0.3, -0.25) is 9.59 Å². The number of nitrogens with one attached hydrogen (secondary N) is 2. The number of amides is 2. The predicted octanol–water partition coefficient (Wildman–Crippen LogP) is 2.88. The molecule has 1 unspecified atom stereocenters. The number of carbonyl (C=O) groups excluding carboxylic acids is 2. The lowest BCUT2D eigenvalue weighted by Crippen LogP contribution is -2.44. The van der Waals surface area contributed by atoms with Gasteiger partial charge in [-0.2, -0.15) is 0 Å². The van der Waals surface area contributed by atoms with Crippen molar-refractivity contribution in [2.45, 2.75) is 39.7 Å². The van der Waals surface area contributed by atoms with E-state index in [1.165, 1.54) is 0 Å². The summed E-state index contributed by atoms with van der Waals surface area (Å²) in [6.07, 6.45) is 0. The highest BCUT2D eigenvalue weighted by Gasteiger charge is 2.28. The molecule has 2 rings (SSSR count). The highest BCUT2D eigenvalue weighted by molar-refractivity contribution is 5.97. The zero-order valence-electron chi connectivity index (χ0n) is 17.0. The summed E-state index contributed by atoms with van der Waals surface area (Å²) < 4.78 is 15.5. The van der Waals surface area contributed by atoms with Crippen molar-refractivity contribution in [1.82, 2.24) is 10.5 Å². The molecule has 0 radical (unpaired) electrons. The van der Waals surface area contributed by atoms with Crippen LogP contribution < -0.4 is 20.1 Å². The van der Waals surface area contributed by atoms with E-state index in [1.807, 2.05) is 19.9 Å².